The second-order valence-corrected chi connectivity index (χ2v) is 7.64. The third-order valence-electron chi connectivity index (χ3n) is 4.54. The summed E-state index contributed by atoms with van der Waals surface area (Å²) in [5.74, 6) is 1.56. The van der Waals surface area contributed by atoms with E-state index in [-0.39, 0.29) is 5.41 Å². The molecule has 3 nitrogen and oxygen atoms in total. The summed E-state index contributed by atoms with van der Waals surface area (Å²) in [4.78, 5) is 4.67. The maximum absolute atomic E-state index is 4.67. The molecule has 25 heavy (non-hydrogen) atoms. The Morgan fingerprint density at radius 2 is 1.52 bits per heavy atom. The Morgan fingerprint density at radius 3 is 2.12 bits per heavy atom. The van der Waals surface area contributed by atoms with Crippen molar-refractivity contribution in [3.05, 3.63) is 59.7 Å². The Bertz CT molecular complexity index is 806. The highest BCUT2D eigenvalue weighted by Crippen LogP contribution is 2.26. The second-order valence-electron chi connectivity index (χ2n) is 7.64. The van der Waals surface area contributed by atoms with Crippen LogP contribution in [-0.2, 0) is 11.8 Å². The molecule has 0 fully saturated rings. The van der Waals surface area contributed by atoms with E-state index in [4.69, 9.17) is 0 Å². The van der Waals surface area contributed by atoms with Crippen molar-refractivity contribution in [2.75, 3.05) is 0 Å². The van der Waals surface area contributed by atoms with Gasteiger partial charge in [-0.2, -0.15) is 5.10 Å². The van der Waals surface area contributed by atoms with Crippen LogP contribution in [0.25, 0.3) is 22.8 Å². The fourth-order valence-corrected chi connectivity index (χ4v) is 2.85. The van der Waals surface area contributed by atoms with Gasteiger partial charge in [0.15, 0.2) is 11.6 Å². The third kappa shape index (κ3) is 4.16. The van der Waals surface area contributed by atoms with Crippen LogP contribution in [0.4, 0.5) is 0 Å². The van der Waals surface area contributed by atoms with Gasteiger partial charge in [-0.3, -0.25) is 5.10 Å². The molecule has 0 spiro atoms. The molecule has 1 aromatic heterocycles. The van der Waals surface area contributed by atoms with Gasteiger partial charge in [0.25, 0.3) is 0 Å². The molecule has 3 rings (SSSR count). The smallest absolute Gasteiger partial charge is 0.181 e. The van der Waals surface area contributed by atoms with Crippen molar-refractivity contribution < 1.29 is 0 Å². The molecule has 0 unspecified atom stereocenters. The molecule has 3 aromatic rings. The lowest BCUT2D eigenvalue weighted by Crippen LogP contribution is -2.10. The van der Waals surface area contributed by atoms with Crippen molar-refractivity contribution in [3.8, 4) is 22.8 Å². The Kier molecular flexibility index (Phi) is 5.03. The van der Waals surface area contributed by atoms with Crippen molar-refractivity contribution in [1.82, 2.24) is 15.2 Å². The van der Waals surface area contributed by atoms with E-state index in [1.54, 1.807) is 0 Å². The van der Waals surface area contributed by atoms with Gasteiger partial charge in [-0.1, -0.05) is 82.6 Å². The first-order valence-corrected chi connectivity index (χ1v) is 9.10. The fraction of sp³-hybridized carbons (Fsp3) is 0.364. The van der Waals surface area contributed by atoms with E-state index in [2.05, 4.69) is 91.4 Å². The summed E-state index contributed by atoms with van der Waals surface area (Å²) >= 11 is 0. The molecule has 1 heterocycles. The molecule has 2 aromatic carbocycles. The first-order chi connectivity index (χ1) is 12.0. The van der Waals surface area contributed by atoms with Crippen LogP contribution in [0.2, 0.25) is 0 Å². The van der Waals surface area contributed by atoms with Crippen molar-refractivity contribution in [3.63, 3.8) is 0 Å². The average molecular weight is 333 g/mol. The Morgan fingerprint density at radius 1 is 0.880 bits per heavy atom. The molecular weight excluding hydrogens is 306 g/mol. The topological polar surface area (TPSA) is 41.6 Å². The summed E-state index contributed by atoms with van der Waals surface area (Å²) in [6.45, 7) is 8.88. The Labute approximate surface area is 150 Å². The minimum atomic E-state index is 0.155. The van der Waals surface area contributed by atoms with Crippen molar-refractivity contribution in [2.24, 2.45) is 0 Å². The summed E-state index contributed by atoms with van der Waals surface area (Å²) in [7, 11) is 0. The minimum Gasteiger partial charge on any atom is -0.259 e. The molecular formula is C22H27N3. The number of nitrogens with zero attached hydrogens (tertiary/aromatic N) is 2. The number of hydrogen-bond acceptors (Lipinski definition) is 2. The largest absolute Gasteiger partial charge is 0.259 e. The first-order valence-electron chi connectivity index (χ1n) is 9.10. The number of nitrogens with one attached hydrogen (secondary N) is 1. The van der Waals surface area contributed by atoms with Gasteiger partial charge >= 0.3 is 0 Å². The number of H-pyrrole nitrogens is 1. The fourth-order valence-electron chi connectivity index (χ4n) is 2.85. The predicted octanol–water partition coefficient (Wildman–Crippen LogP) is 5.78. The lowest BCUT2D eigenvalue weighted by molar-refractivity contribution is 0.590. The zero-order valence-electron chi connectivity index (χ0n) is 15.6. The van der Waals surface area contributed by atoms with E-state index in [1.165, 1.54) is 24.0 Å². The highest BCUT2D eigenvalue weighted by molar-refractivity contribution is 5.61. The number of benzene rings is 2. The molecule has 0 atom stereocenters. The normalized spacial score (nSPS) is 11.7. The molecule has 0 aliphatic rings. The SMILES string of the molecule is CCCCc1ccc(-c2nc(-c3ccc(C(C)(C)C)cc3)n[nH]2)cc1. The minimum absolute atomic E-state index is 0.155. The summed E-state index contributed by atoms with van der Waals surface area (Å²) in [6.07, 6.45) is 3.59. The lowest BCUT2D eigenvalue weighted by Gasteiger charge is -2.18. The van der Waals surface area contributed by atoms with Crippen LogP contribution >= 0.6 is 0 Å². The molecule has 3 heteroatoms. The highest BCUT2D eigenvalue weighted by atomic mass is 15.2. The predicted molar refractivity (Wildman–Crippen MR) is 105 cm³/mol. The van der Waals surface area contributed by atoms with Crippen LogP contribution in [0.3, 0.4) is 0 Å². The summed E-state index contributed by atoms with van der Waals surface area (Å²) < 4.78 is 0. The van der Waals surface area contributed by atoms with Gasteiger partial charge in [-0.25, -0.2) is 4.98 Å². The zero-order valence-corrected chi connectivity index (χ0v) is 15.6. The summed E-state index contributed by atoms with van der Waals surface area (Å²) in [6, 6.07) is 17.1. The average Bonchev–Trinajstić information content (AvgIpc) is 3.10. The molecule has 0 saturated carbocycles. The molecule has 130 valence electrons. The molecule has 0 radical (unpaired) electrons. The van der Waals surface area contributed by atoms with Crippen LogP contribution in [0.15, 0.2) is 48.5 Å². The highest BCUT2D eigenvalue weighted by Gasteiger charge is 2.14. The Balaban J connectivity index is 1.78. The van der Waals surface area contributed by atoms with Gasteiger partial charge < -0.3 is 0 Å². The van der Waals surface area contributed by atoms with Crippen LogP contribution < -0.4 is 0 Å². The number of unbranched alkanes of at least 4 members (excludes halogenated alkanes) is 1. The van der Waals surface area contributed by atoms with Gasteiger partial charge in [0.1, 0.15) is 0 Å². The van der Waals surface area contributed by atoms with Crippen molar-refractivity contribution >= 4 is 0 Å². The number of aromatic amines is 1. The van der Waals surface area contributed by atoms with Crippen LogP contribution in [0.5, 0.6) is 0 Å². The van der Waals surface area contributed by atoms with E-state index >= 15 is 0 Å². The molecule has 0 bridgehead atoms. The van der Waals surface area contributed by atoms with Crippen LogP contribution in [0, 0.1) is 0 Å². The zero-order chi connectivity index (χ0) is 17.9. The van der Waals surface area contributed by atoms with E-state index < -0.39 is 0 Å². The quantitative estimate of drug-likeness (QED) is 0.643. The lowest BCUT2D eigenvalue weighted by atomic mass is 9.87. The van der Waals surface area contributed by atoms with E-state index in [0.717, 1.165) is 29.2 Å². The van der Waals surface area contributed by atoms with E-state index in [1.807, 2.05) is 0 Å². The number of hydrogen-bond donors (Lipinski definition) is 1. The van der Waals surface area contributed by atoms with Gasteiger partial charge in [0, 0.05) is 11.1 Å². The number of rotatable bonds is 5. The standard InChI is InChI=1S/C22H27N3/c1-5-6-7-16-8-10-17(11-9-16)20-23-21(25-24-20)18-12-14-19(15-13-18)22(2,3)4/h8-15H,5-7H2,1-4H3,(H,23,24,25). The molecule has 0 aliphatic heterocycles. The molecule has 0 saturated heterocycles. The van der Waals surface area contributed by atoms with Gasteiger partial charge in [-0.15, -0.1) is 0 Å². The van der Waals surface area contributed by atoms with Crippen molar-refractivity contribution in [1.29, 1.82) is 0 Å². The Hall–Kier alpha value is -2.42. The maximum atomic E-state index is 4.67. The first kappa shape index (κ1) is 17.4. The maximum Gasteiger partial charge on any atom is 0.181 e. The van der Waals surface area contributed by atoms with E-state index in [0.29, 0.717) is 0 Å². The number of aryl methyl sites for hydroxylation is 1. The van der Waals surface area contributed by atoms with Crippen molar-refractivity contribution in [2.45, 2.75) is 52.4 Å². The van der Waals surface area contributed by atoms with Crippen LogP contribution in [0.1, 0.15) is 51.7 Å². The molecule has 0 aliphatic carbocycles. The molecule has 1 N–H and O–H groups in total. The van der Waals surface area contributed by atoms with E-state index in [9.17, 15) is 0 Å². The van der Waals surface area contributed by atoms with Crippen LogP contribution in [-0.4, -0.2) is 15.2 Å². The number of aromatic nitrogens is 3. The second kappa shape index (κ2) is 7.22. The van der Waals surface area contributed by atoms with Gasteiger partial charge in [-0.05, 0) is 29.4 Å². The van der Waals surface area contributed by atoms with Gasteiger partial charge in [0.2, 0.25) is 0 Å². The third-order valence-corrected chi connectivity index (χ3v) is 4.54. The summed E-state index contributed by atoms with van der Waals surface area (Å²) in [5, 5.41) is 7.46. The monoisotopic (exact) mass is 333 g/mol. The molecule has 0 amide bonds. The van der Waals surface area contributed by atoms with Gasteiger partial charge in [0.05, 0.1) is 0 Å². The summed E-state index contributed by atoms with van der Waals surface area (Å²) in [5.41, 5.74) is 4.96.